The highest BCUT2D eigenvalue weighted by Crippen LogP contribution is 2.22. The van der Waals surface area contributed by atoms with Gasteiger partial charge < -0.3 is 10.0 Å². The Morgan fingerprint density at radius 3 is 2.22 bits per heavy atom. The quantitative estimate of drug-likeness (QED) is 0.857. The number of hydrogen-bond donors (Lipinski definition) is 1. The van der Waals surface area contributed by atoms with Crippen molar-refractivity contribution in [2.75, 3.05) is 24.6 Å². The zero-order valence-corrected chi connectivity index (χ0v) is 10.7. The number of halogens is 2. The first kappa shape index (κ1) is 14.8. The lowest BCUT2D eigenvalue weighted by atomic mass is 10.3. The van der Waals surface area contributed by atoms with Crippen LogP contribution in [-0.2, 0) is 9.84 Å². The Balaban J connectivity index is 2.99. The SMILES string of the molecule is CCN(CCO)c1ccc(S(=O)(=O)C(F)F)cc1. The van der Waals surface area contributed by atoms with E-state index in [0.717, 1.165) is 12.1 Å². The Hall–Kier alpha value is -1.21. The lowest BCUT2D eigenvalue weighted by Crippen LogP contribution is -2.26. The lowest BCUT2D eigenvalue weighted by molar-refractivity contribution is 0.234. The van der Waals surface area contributed by atoms with E-state index in [1.54, 1.807) is 4.90 Å². The second kappa shape index (κ2) is 6.10. The molecule has 0 spiro atoms. The molecular weight excluding hydrogens is 264 g/mol. The van der Waals surface area contributed by atoms with Crippen LogP contribution in [0.3, 0.4) is 0 Å². The number of hydrogen-bond acceptors (Lipinski definition) is 4. The minimum Gasteiger partial charge on any atom is -0.395 e. The maximum absolute atomic E-state index is 12.3. The predicted molar refractivity (Wildman–Crippen MR) is 64.6 cm³/mol. The van der Waals surface area contributed by atoms with Crippen LogP contribution in [-0.4, -0.2) is 39.0 Å². The monoisotopic (exact) mass is 279 g/mol. The van der Waals surface area contributed by atoms with E-state index in [2.05, 4.69) is 0 Å². The molecule has 0 unspecified atom stereocenters. The van der Waals surface area contributed by atoms with Crippen LogP contribution >= 0.6 is 0 Å². The van der Waals surface area contributed by atoms with Crippen LogP contribution < -0.4 is 4.90 Å². The highest BCUT2D eigenvalue weighted by molar-refractivity contribution is 7.91. The van der Waals surface area contributed by atoms with Gasteiger partial charge in [-0.2, -0.15) is 8.78 Å². The van der Waals surface area contributed by atoms with Gasteiger partial charge in [0.05, 0.1) is 11.5 Å². The highest BCUT2D eigenvalue weighted by atomic mass is 32.2. The molecule has 1 N–H and O–H groups in total. The number of alkyl halides is 2. The van der Waals surface area contributed by atoms with Crippen molar-refractivity contribution < 1.29 is 22.3 Å². The summed E-state index contributed by atoms with van der Waals surface area (Å²) in [5.74, 6) is -3.41. The third-order valence-corrected chi connectivity index (χ3v) is 3.91. The summed E-state index contributed by atoms with van der Waals surface area (Å²) in [6, 6.07) is 5.20. The molecular formula is C11H15F2NO3S. The van der Waals surface area contributed by atoms with Gasteiger partial charge in [0, 0.05) is 18.8 Å². The summed E-state index contributed by atoms with van der Waals surface area (Å²) in [5.41, 5.74) is 0.680. The van der Waals surface area contributed by atoms with Gasteiger partial charge in [0.25, 0.3) is 0 Å². The molecule has 0 aliphatic carbocycles. The third-order valence-electron chi connectivity index (χ3n) is 2.52. The number of benzene rings is 1. The molecule has 0 radical (unpaired) electrons. The van der Waals surface area contributed by atoms with Gasteiger partial charge in [0.2, 0.25) is 9.84 Å². The van der Waals surface area contributed by atoms with Crippen molar-refractivity contribution in [1.29, 1.82) is 0 Å². The van der Waals surface area contributed by atoms with E-state index in [1.807, 2.05) is 6.92 Å². The minimum atomic E-state index is -4.54. The molecule has 4 nitrogen and oxygen atoms in total. The summed E-state index contributed by atoms with van der Waals surface area (Å²) in [5, 5.41) is 8.85. The highest BCUT2D eigenvalue weighted by Gasteiger charge is 2.26. The molecule has 0 aromatic heterocycles. The van der Waals surface area contributed by atoms with E-state index < -0.39 is 20.5 Å². The average Bonchev–Trinajstić information content (AvgIpc) is 2.36. The molecule has 0 atom stereocenters. The van der Waals surface area contributed by atoms with Crippen molar-refractivity contribution in [2.45, 2.75) is 17.6 Å². The number of aliphatic hydroxyl groups is 1. The predicted octanol–water partition coefficient (Wildman–Crippen LogP) is 1.50. The summed E-state index contributed by atoms with van der Waals surface area (Å²) in [7, 11) is -4.54. The minimum absolute atomic E-state index is 0.0368. The van der Waals surface area contributed by atoms with Crippen LogP contribution in [0, 0.1) is 0 Å². The molecule has 0 bridgehead atoms. The number of likely N-dealkylation sites (N-methyl/N-ethyl adjacent to an activating group) is 1. The average molecular weight is 279 g/mol. The molecule has 0 saturated heterocycles. The van der Waals surface area contributed by atoms with Crippen LogP contribution in [0.25, 0.3) is 0 Å². The van der Waals surface area contributed by atoms with Gasteiger partial charge in [-0.25, -0.2) is 8.42 Å². The topological polar surface area (TPSA) is 57.6 Å². The molecule has 1 rings (SSSR count). The summed E-state index contributed by atoms with van der Waals surface area (Å²) in [6.45, 7) is 2.86. The first-order chi connectivity index (χ1) is 8.43. The molecule has 1 aromatic rings. The van der Waals surface area contributed by atoms with Crippen LogP contribution in [0.2, 0.25) is 0 Å². The first-order valence-electron chi connectivity index (χ1n) is 5.41. The van der Waals surface area contributed by atoms with E-state index in [0.29, 0.717) is 18.8 Å². The van der Waals surface area contributed by atoms with E-state index in [-0.39, 0.29) is 6.61 Å². The number of aliphatic hydroxyl groups excluding tert-OH is 1. The molecule has 7 heteroatoms. The molecule has 0 aliphatic heterocycles. The summed E-state index contributed by atoms with van der Waals surface area (Å²) < 4.78 is 47.0. The van der Waals surface area contributed by atoms with Crippen molar-refractivity contribution in [3.63, 3.8) is 0 Å². The first-order valence-corrected chi connectivity index (χ1v) is 6.96. The normalized spacial score (nSPS) is 11.8. The number of sulfone groups is 1. The smallest absolute Gasteiger partial charge is 0.341 e. The van der Waals surface area contributed by atoms with E-state index >= 15 is 0 Å². The number of nitrogens with zero attached hydrogens (tertiary/aromatic N) is 1. The lowest BCUT2D eigenvalue weighted by Gasteiger charge is -2.22. The Bertz CT molecular complexity index is 474. The van der Waals surface area contributed by atoms with Crippen LogP contribution in [0.1, 0.15) is 6.92 Å². The van der Waals surface area contributed by atoms with Crippen molar-refractivity contribution >= 4 is 15.5 Å². The third kappa shape index (κ3) is 3.17. The van der Waals surface area contributed by atoms with Gasteiger partial charge >= 0.3 is 5.76 Å². The van der Waals surface area contributed by atoms with E-state index in [9.17, 15) is 17.2 Å². The van der Waals surface area contributed by atoms with Gasteiger partial charge in [-0.3, -0.25) is 0 Å². The van der Waals surface area contributed by atoms with Gasteiger partial charge in [-0.05, 0) is 31.2 Å². The number of anilines is 1. The Morgan fingerprint density at radius 1 is 1.28 bits per heavy atom. The summed E-state index contributed by atoms with van der Waals surface area (Å²) >= 11 is 0. The standard InChI is InChI=1S/C11H15F2NO3S/c1-2-14(7-8-15)9-3-5-10(6-4-9)18(16,17)11(12)13/h3-6,11,15H,2,7-8H2,1H3. The fourth-order valence-electron chi connectivity index (χ4n) is 1.54. The van der Waals surface area contributed by atoms with Gasteiger partial charge in [-0.1, -0.05) is 0 Å². The van der Waals surface area contributed by atoms with E-state index in [1.165, 1.54) is 12.1 Å². The Morgan fingerprint density at radius 2 is 1.83 bits per heavy atom. The van der Waals surface area contributed by atoms with Crippen molar-refractivity contribution in [1.82, 2.24) is 0 Å². The van der Waals surface area contributed by atoms with Gasteiger partial charge in [-0.15, -0.1) is 0 Å². The van der Waals surface area contributed by atoms with Gasteiger partial charge in [0.1, 0.15) is 0 Å². The molecule has 102 valence electrons. The largest absolute Gasteiger partial charge is 0.395 e. The molecule has 0 aliphatic rings. The zero-order chi connectivity index (χ0) is 13.8. The van der Waals surface area contributed by atoms with Gasteiger partial charge in [0.15, 0.2) is 0 Å². The second-order valence-corrected chi connectivity index (χ2v) is 5.52. The van der Waals surface area contributed by atoms with Crippen LogP contribution in [0.4, 0.5) is 14.5 Å². The second-order valence-electron chi connectivity index (χ2n) is 3.60. The maximum atomic E-state index is 12.3. The molecule has 0 amide bonds. The molecule has 1 aromatic carbocycles. The Kier molecular flexibility index (Phi) is 5.03. The summed E-state index contributed by atoms with van der Waals surface area (Å²) in [6.07, 6.45) is 0. The molecule has 0 heterocycles. The van der Waals surface area contributed by atoms with Crippen molar-refractivity contribution in [2.24, 2.45) is 0 Å². The van der Waals surface area contributed by atoms with Crippen molar-refractivity contribution in [3.05, 3.63) is 24.3 Å². The maximum Gasteiger partial charge on any atom is 0.341 e. The van der Waals surface area contributed by atoms with E-state index in [4.69, 9.17) is 5.11 Å². The molecule has 0 saturated carbocycles. The fourth-order valence-corrected chi connectivity index (χ4v) is 2.26. The molecule has 0 fully saturated rings. The van der Waals surface area contributed by atoms with Crippen molar-refractivity contribution in [3.8, 4) is 0 Å². The van der Waals surface area contributed by atoms with Crippen LogP contribution in [0.15, 0.2) is 29.2 Å². The fraction of sp³-hybridized carbons (Fsp3) is 0.455. The Labute approximate surface area is 105 Å². The van der Waals surface area contributed by atoms with Crippen LogP contribution in [0.5, 0.6) is 0 Å². The molecule has 18 heavy (non-hydrogen) atoms. The summed E-state index contributed by atoms with van der Waals surface area (Å²) in [4.78, 5) is 1.40. The zero-order valence-electron chi connectivity index (χ0n) is 9.88. The number of rotatable bonds is 6.